The molecule has 1 aromatic carbocycles. The number of carbonyl (C=O) groups is 3. The van der Waals surface area contributed by atoms with E-state index in [1.165, 1.54) is 31.2 Å². The molecule has 0 saturated heterocycles. The number of carboxylic acids is 1. The first-order valence-electron chi connectivity index (χ1n) is 4.91. The van der Waals surface area contributed by atoms with Crippen LogP contribution in [0.15, 0.2) is 24.3 Å². The van der Waals surface area contributed by atoms with Crippen LogP contribution in [-0.2, 0) is 4.79 Å². The predicted molar refractivity (Wildman–Crippen MR) is 57.4 cm³/mol. The molecule has 3 rings (SSSR count). The number of fused-ring (bicyclic) bond motifs is 6. The zero-order valence-corrected chi connectivity index (χ0v) is 8.98. The van der Waals surface area contributed by atoms with Crippen LogP contribution in [0.2, 0.25) is 0 Å². The van der Waals surface area contributed by atoms with Gasteiger partial charge in [-0.25, -0.2) is 4.79 Å². The van der Waals surface area contributed by atoms with Gasteiger partial charge in [-0.1, -0.05) is 0 Å². The van der Waals surface area contributed by atoms with Crippen LogP contribution in [-0.4, -0.2) is 28.6 Å². The molecule has 0 fully saturated rings. The van der Waals surface area contributed by atoms with Gasteiger partial charge in [0.2, 0.25) is 5.66 Å². The van der Waals surface area contributed by atoms with E-state index in [1.807, 2.05) is 0 Å². The lowest BCUT2D eigenvalue weighted by Gasteiger charge is -2.26. The van der Waals surface area contributed by atoms with Crippen molar-refractivity contribution in [1.82, 2.24) is 10.6 Å². The van der Waals surface area contributed by atoms with Gasteiger partial charge in [-0.05, 0) is 31.2 Å². The lowest BCUT2D eigenvalue weighted by molar-refractivity contribution is -0.144. The van der Waals surface area contributed by atoms with Gasteiger partial charge in [0.25, 0.3) is 11.8 Å². The van der Waals surface area contributed by atoms with Crippen molar-refractivity contribution >= 4 is 17.8 Å². The molecule has 3 N–H and O–H groups in total. The van der Waals surface area contributed by atoms with Crippen molar-refractivity contribution in [2.24, 2.45) is 0 Å². The monoisotopic (exact) mass is 234 g/mol. The van der Waals surface area contributed by atoms with Crippen LogP contribution in [0.25, 0.3) is 0 Å². The average molecular weight is 234 g/mol. The third-order valence-electron chi connectivity index (χ3n) is 2.56. The van der Waals surface area contributed by atoms with E-state index < -0.39 is 23.4 Å². The second-order valence-corrected chi connectivity index (χ2v) is 3.92. The molecule has 2 aliphatic heterocycles. The number of benzene rings is 1. The topological polar surface area (TPSA) is 95.5 Å². The van der Waals surface area contributed by atoms with Crippen molar-refractivity contribution in [2.45, 2.75) is 12.6 Å². The number of carboxylic acid groups (broad SMARTS) is 1. The Labute approximate surface area is 96.6 Å². The van der Waals surface area contributed by atoms with Gasteiger partial charge in [-0.15, -0.1) is 0 Å². The standard InChI is InChI=1S/C11H10N2O4/c1-11(10(16)17)12-8(14)6-2-3-7(5-4-6)9(15)13-11/h2-5H,1H3,(H,12,14)(H,13,15)(H,16,17). The highest BCUT2D eigenvalue weighted by molar-refractivity contribution is 6.03. The van der Waals surface area contributed by atoms with Crippen LogP contribution < -0.4 is 10.6 Å². The second-order valence-electron chi connectivity index (χ2n) is 3.92. The van der Waals surface area contributed by atoms with Crippen LogP contribution in [0.4, 0.5) is 0 Å². The highest BCUT2D eigenvalue weighted by atomic mass is 16.4. The third kappa shape index (κ3) is 1.84. The summed E-state index contributed by atoms with van der Waals surface area (Å²) in [6, 6.07) is 5.88. The van der Waals surface area contributed by atoms with Gasteiger partial charge in [0.1, 0.15) is 0 Å². The lowest BCUT2D eigenvalue weighted by atomic mass is 10.1. The number of rotatable bonds is 1. The molecule has 0 radical (unpaired) electrons. The maximum atomic E-state index is 11.7. The molecule has 0 saturated carbocycles. The van der Waals surface area contributed by atoms with Crippen LogP contribution in [0, 0.1) is 0 Å². The molecule has 0 spiro atoms. The molecule has 0 atom stereocenters. The third-order valence-corrected chi connectivity index (χ3v) is 2.56. The van der Waals surface area contributed by atoms with Gasteiger partial charge in [-0.3, -0.25) is 9.59 Å². The number of hydrogen-bond donors (Lipinski definition) is 3. The largest absolute Gasteiger partial charge is 0.478 e. The molecular weight excluding hydrogens is 224 g/mol. The summed E-state index contributed by atoms with van der Waals surface area (Å²) in [7, 11) is 0. The quantitative estimate of drug-likeness (QED) is 0.635. The van der Waals surface area contributed by atoms with Crippen molar-refractivity contribution in [3.05, 3.63) is 35.4 Å². The Morgan fingerprint density at radius 3 is 1.71 bits per heavy atom. The van der Waals surface area contributed by atoms with Gasteiger partial charge in [0.15, 0.2) is 0 Å². The fraction of sp³-hybridized carbons (Fsp3) is 0.182. The number of carbonyl (C=O) groups excluding carboxylic acids is 2. The van der Waals surface area contributed by atoms with E-state index in [0.29, 0.717) is 11.1 Å². The molecule has 0 aliphatic carbocycles. The summed E-state index contributed by atoms with van der Waals surface area (Å²) in [5.74, 6) is -2.44. The zero-order valence-electron chi connectivity index (χ0n) is 8.98. The van der Waals surface area contributed by atoms with E-state index in [4.69, 9.17) is 5.11 Å². The molecule has 0 unspecified atom stereocenters. The smallest absolute Gasteiger partial charge is 0.350 e. The summed E-state index contributed by atoms with van der Waals surface area (Å²) < 4.78 is 0. The summed E-state index contributed by atoms with van der Waals surface area (Å²) in [6.45, 7) is 1.22. The van der Waals surface area contributed by atoms with Crippen LogP contribution in [0.5, 0.6) is 0 Å². The van der Waals surface area contributed by atoms with Crippen molar-refractivity contribution in [1.29, 1.82) is 0 Å². The van der Waals surface area contributed by atoms with Crippen LogP contribution in [0.3, 0.4) is 0 Å². The zero-order chi connectivity index (χ0) is 12.6. The molecule has 1 aromatic rings. The van der Waals surface area contributed by atoms with E-state index in [2.05, 4.69) is 10.6 Å². The van der Waals surface area contributed by atoms with Crippen molar-refractivity contribution < 1.29 is 19.5 Å². The Morgan fingerprint density at radius 1 is 1.06 bits per heavy atom. The van der Waals surface area contributed by atoms with E-state index in [0.717, 1.165) is 0 Å². The Balaban J connectivity index is 2.50. The first kappa shape index (κ1) is 11.1. The van der Waals surface area contributed by atoms with Crippen molar-refractivity contribution in [2.75, 3.05) is 0 Å². The van der Waals surface area contributed by atoms with Gasteiger partial charge in [0, 0.05) is 11.1 Å². The maximum absolute atomic E-state index is 11.7. The minimum Gasteiger partial charge on any atom is -0.478 e. The molecule has 2 amide bonds. The molecule has 2 bridgehead atoms. The highest BCUT2D eigenvalue weighted by Crippen LogP contribution is 2.11. The first-order chi connectivity index (χ1) is 7.92. The molecule has 88 valence electrons. The Hall–Kier alpha value is -2.37. The Bertz CT molecular complexity index is 470. The van der Waals surface area contributed by atoms with Crippen LogP contribution >= 0.6 is 0 Å². The number of amides is 2. The molecule has 6 heteroatoms. The summed E-state index contributed by atoms with van der Waals surface area (Å²) in [5, 5.41) is 13.6. The average Bonchev–Trinajstić information content (AvgIpc) is 2.34. The molecule has 17 heavy (non-hydrogen) atoms. The minimum absolute atomic E-state index is 0.303. The summed E-state index contributed by atoms with van der Waals surface area (Å²) in [6.07, 6.45) is 0. The summed E-state index contributed by atoms with van der Waals surface area (Å²) in [5.41, 5.74) is -1.21. The van der Waals surface area contributed by atoms with Gasteiger partial charge < -0.3 is 15.7 Å². The molecular formula is C11H10N2O4. The molecule has 6 nitrogen and oxygen atoms in total. The van der Waals surface area contributed by atoms with E-state index in [9.17, 15) is 14.4 Å². The SMILES string of the molecule is CC1(C(=O)O)NC(=O)c2ccc(cc2)C(=O)N1. The van der Waals surface area contributed by atoms with Gasteiger partial charge in [0.05, 0.1) is 0 Å². The maximum Gasteiger partial charge on any atom is 0.350 e. The number of aliphatic carboxylic acids is 1. The predicted octanol–water partition coefficient (Wildman–Crippen LogP) is -0.0394. The summed E-state index contributed by atoms with van der Waals surface area (Å²) >= 11 is 0. The highest BCUT2D eigenvalue weighted by Gasteiger charge is 2.38. The van der Waals surface area contributed by atoms with Gasteiger partial charge >= 0.3 is 5.97 Å². The fourth-order valence-electron chi connectivity index (χ4n) is 1.51. The summed E-state index contributed by atoms with van der Waals surface area (Å²) in [4.78, 5) is 34.5. The second kappa shape index (κ2) is 3.58. The van der Waals surface area contributed by atoms with E-state index >= 15 is 0 Å². The fourth-order valence-corrected chi connectivity index (χ4v) is 1.51. The van der Waals surface area contributed by atoms with E-state index in [1.54, 1.807) is 0 Å². The molecule has 0 aromatic heterocycles. The Kier molecular flexibility index (Phi) is 2.35. The molecule has 2 aliphatic rings. The minimum atomic E-state index is -1.82. The lowest BCUT2D eigenvalue weighted by Crippen LogP contribution is -2.63. The van der Waals surface area contributed by atoms with Gasteiger partial charge in [-0.2, -0.15) is 0 Å². The van der Waals surface area contributed by atoms with Crippen molar-refractivity contribution in [3.63, 3.8) is 0 Å². The number of hydrogen-bond acceptors (Lipinski definition) is 3. The molecule has 2 heterocycles. The first-order valence-corrected chi connectivity index (χ1v) is 4.91. The van der Waals surface area contributed by atoms with Crippen LogP contribution in [0.1, 0.15) is 27.6 Å². The Morgan fingerprint density at radius 2 is 1.41 bits per heavy atom. The van der Waals surface area contributed by atoms with E-state index in [-0.39, 0.29) is 0 Å². The number of nitrogens with one attached hydrogen (secondary N) is 2. The van der Waals surface area contributed by atoms with Crippen molar-refractivity contribution in [3.8, 4) is 0 Å². The normalized spacial score (nSPS) is 17.5.